The molecule has 0 N–H and O–H groups in total. The van der Waals surface area contributed by atoms with Crippen LogP contribution in [0.3, 0.4) is 0 Å². The average Bonchev–Trinajstić information content (AvgIpc) is 2.25. The van der Waals surface area contributed by atoms with Gasteiger partial charge in [0.25, 0.3) is 0 Å². The van der Waals surface area contributed by atoms with Crippen molar-refractivity contribution in [2.45, 2.75) is 32.6 Å². The van der Waals surface area contributed by atoms with Crippen molar-refractivity contribution in [2.75, 3.05) is 20.8 Å². The highest BCUT2D eigenvalue weighted by atomic mass is 16.7. The summed E-state index contributed by atoms with van der Waals surface area (Å²) in [6.45, 7) is 3.32. The summed E-state index contributed by atoms with van der Waals surface area (Å²) in [6.07, 6.45) is -0.320. The van der Waals surface area contributed by atoms with E-state index in [-0.39, 0.29) is 13.0 Å². The van der Waals surface area contributed by atoms with Crippen LogP contribution >= 0.6 is 0 Å². The smallest absolute Gasteiger partial charge is 0.381 e. The Morgan fingerprint density at radius 1 is 1.35 bits per heavy atom. The van der Waals surface area contributed by atoms with Gasteiger partial charge in [0, 0.05) is 31.5 Å². The predicted octanol–water partition coefficient (Wildman–Crippen LogP) is 0.840. The van der Waals surface area contributed by atoms with Crippen LogP contribution in [-0.4, -0.2) is 44.1 Å². The molecule has 0 aliphatic rings. The number of rotatable bonds is 8. The van der Waals surface area contributed by atoms with Gasteiger partial charge in [0.05, 0.1) is 6.61 Å². The normalized spacial score (nSPS) is 14.4. The lowest BCUT2D eigenvalue weighted by atomic mass is 9.98. The van der Waals surface area contributed by atoms with Crippen LogP contribution in [0.5, 0.6) is 0 Å². The van der Waals surface area contributed by atoms with E-state index in [9.17, 15) is 14.9 Å². The second-order valence-electron chi connectivity index (χ2n) is 3.60. The fraction of sp³-hybridized carbons (Fsp3) is 0.900. The quantitative estimate of drug-likeness (QED) is 0.274. The van der Waals surface area contributed by atoms with E-state index in [4.69, 9.17) is 9.47 Å². The third-order valence-electron chi connectivity index (χ3n) is 2.38. The largest absolute Gasteiger partial charge is 0.461 e. The van der Waals surface area contributed by atoms with Gasteiger partial charge in [0.1, 0.15) is 0 Å². The molecular weight excluding hydrogens is 230 g/mol. The highest BCUT2D eigenvalue weighted by Crippen LogP contribution is 2.17. The average molecular weight is 249 g/mol. The van der Waals surface area contributed by atoms with Gasteiger partial charge >= 0.3 is 12.0 Å². The molecule has 0 spiro atoms. The Hall–Kier alpha value is -1.21. The summed E-state index contributed by atoms with van der Waals surface area (Å²) in [5.41, 5.74) is 0. The molecule has 0 aliphatic carbocycles. The summed E-state index contributed by atoms with van der Waals surface area (Å²) in [4.78, 5) is 21.6. The van der Waals surface area contributed by atoms with Crippen LogP contribution in [0.25, 0.3) is 0 Å². The number of nitrogens with zero attached hydrogens (tertiary/aromatic N) is 1. The first kappa shape index (κ1) is 15.8. The van der Waals surface area contributed by atoms with Crippen molar-refractivity contribution in [3.63, 3.8) is 0 Å². The minimum Gasteiger partial charge on any atom is -0.461 e. The SMILES string of the molecule is CCOC(=O)C(C(C)CC(OC)OC)[N+](=O)[O-]. The topological polar surface area (TPSA) is 87.9 Å². The number of hydrogen-bond acceptors (Lipinski definition) is 6. The predicted molar refractivity (Wildman–Crippen MR) is 59.0 cm³/mol. The molecule has 2 unspecified atom stereocenters. The maximum absolute atomic E-state index is 11.4. The zero-order valence-electron chi connectivity index (χ0n) is 10.5. The van der Waals surface area contributed by atoms with Crippen molar-refractivity contribution < 1.29 is 23.9 Å². The van der Waals surface area contributed by atoms with E-state index in [1.54, 1.807) is 13.8 Å². The molecular formula is C10H19NO6. The third kappa shape index (κ3) is 5.10. The van der Waals surface area contributed by atoms with Crippen LogP contribution < -0.4 is 0 Å². The maximum atomic E-state index is 11.4. The molecule has 0 aromatic carbocycles. The van der Waals surface area contributed by atoms with Gasteiger partial charge in [-0.3, -0.25) is 10.1 Å². The minimum absolute atomic E-state index is 0.119. The number of nitro groups is 1. The van der Waals surface area contributed by atoms with Crippen LogP contribution in [0.1, 0.15) is 20.3 Å². The Bertz CT molecular complexity index is 253. The third-order valence-corrected chi connectivity index (χ3v) is 2.38. The molecule has 7 heteroatoms. The van der Waals surface area contributed by atoms with E-state index in [1.165, 1.54) is 14.2 Å². The molecule has 0 heterocycles. The lowest BCUT2D eigenvalue weighted by molar-refractivity contribution is -0.520. The van der Waals surface area contributed by atoms with Gasteiger partial charge < -0.3 is 14.2 Å². The van der Waals surface area contributed by atoms with E-state index < -0.39 is 29.1 Å². The number of carbonyl (C=O) groups is 1. The van der Waals surface area contributed by atoms with Crippen LogP contribution in [0.2, 0.25) is 0 Å². The Morgan fingerprint density at radius 2 is 1.88 bits per heavy atom. The number of carbonyl (C=O) groups excluding carboxylic acids is 1. The Morgan fingerprint density at radius 3 is 2.24 bits per heavy atom. The first-order valence-corrected chi connectivity index (χ1v) is 5.33. The van der Waals surface area contributed by atoms with E-state index in [0.29, 0.717) is 0 Å². The number of hydrogen-bond donors (Lipinski definition) is 0. The van der Waals surface area contributed by atoms with E-state index >= 15 is 0 Å². The fourth-order valence-corrected chi connectivity index (χ4v) is 1.47. The molecule has 0 aromatic heterocycles. The summed E-state index contributed by atoms with van der Waals surface area (Å²) < 4.78 is 14.6. The molecule has 0 radical (unpaired) electrons. The highest BCUT2D eigenvalue weighted by molar-refractivity contribution is 5.74. The van der Waals surface area contributed by atoms with Crippen molar-refractivity contribution in [1.29, 1.82) is 0 Å². The van der Waals surface area contributed by atoms with Gasteiger partial charge in [-0.25, -0.2) is 4.79 Å². The standard InChI is InChI=1S/C10H19NO6/c1-5-17-10(12)9(11(13)14)7(2)6-8(15-3)16-4/h7-9H,5-6H2,1-4H3. The molecule has 0 fully saturated rings. The zero-order valence-corrected chi connectivity index (χ0v) is 10.5. The van der Waals surface area contributed by atoms with E-state index in [0.717, 1.165) is 0 Å². The van der Waals surface area contributed by atoms with Crippen LogP contribution in [0.15, 0.2) is 0 Å². The van der Waals surface area contributed by atoms with Crippen molar-refractivity contribution in [2.24, 2.45) is 5.92 Å². The van der Waals surface area contributed by atoms with Crippen molar-refractivity contribution in [3.05, 3.63) is 10.1 Å². The molecule has 17 heavy (non-hydrogen) atoms. The maximum Gasteiger partial charge on any atom is 0.381 e. The van der Waals surface area contributed by atoms with Crippen molar-refractivity contribution >= 4 is 5.97 Å². The molecule has 0 saturated carbocycles. The second-order valence-corrected chi connectivity index (χ2v) is 3.60. The number of methoxy groups -OCH3 is 2. The van der Waals surface area contributed by atoms with Crippen LogP contribution in [0, 0.1) is 16.0 Å². The molecule has 7 nitrogen and oxygen atoms in total. The minimum atomic E-state index is -1.39. The van der Waals surface area contributed by atoms with E-state index in [2.05, 4.69) is 4.74 Å². The monoisotopic (exact) mass is 249 g/mol. The Balaban J connectivity index is 4.59. The zero-order chi connectivity index (χ0) is 13.4. The summed E-state index contributed by atoms with van der Waals surface area (Å²) in [7, 11) is 2.87. The Labute approximate surface area is 100 Å². The fourth-order valence-electron chi connectivity index (χ4n) is 1.47. The molecule has 0 bridgehead atoms. The molecule has 2 atom stereocenters. The molecule has 0 rings (SSSR count). The van der Waals surface area contributed by atoms with Crippen molar-refractivity contribution in [1.82, 2.24) is 0 Å². The van der Waals surface area contributed by atoms with Gasteiger partial charge in [-0.2, -0.15) is 0 Å². The molecule has 0 amide bonds. The summed E-state index contributed by atoms with van der Waals surface area (Å²) >= 11 is 0. The lowest BCUT2D eigenvalue weighted by Crippen LogP contribution is -2.39. The number of esters is 1. The number of ether oxygens (including phenoxy) is 3. The van der Waals surface area contributed by atoms with Crippen LogP contribution in [0.4, 0.5) is 0 Å². The first-order valence-electron chi connectivity index (χ1n) is 5.33. The molecule has 0 aromatic rings. The Kier molecular flexibility index (Phi) is 7.40. The van der Waals surface area contributed by atoms with Gasteiger partial charge in [-0.05, 0) is 6.92 Å². The van der Waals surface area contributed by atoms with E-state index in [1.807, 2.05) is 0 Å². The summed E-state index contributed by atoms with van der Waals surface area (Å²) in [5, 5.41) is 10.8. The molecule has 100 valence electrons. The highest BCUT2D eigenvalue weighted by Gasteiger charge is 2.38. The first-order chi connectivity index (χ1) is 7.97. The van der Waals surface area contributed by atoms with Gasteiger partial charge in [-0.1, -0.05) is 6.92 Å². The molecule has 0 aliphatic heterocycles. The van der Waals surface area contributed by atoms with Crippen molar-refractivity contribution in [3.8, 4) is 0 Å². The van der Waals surface area contributed by atoms with Crippen LogP contribution in [-0.2, 0) is 19.0 Å². The van der Waals surface area contributed by atoms with Gasteiger partial charge in [0.15, 0.2) is 6.29 Å². The second kappa shape index (κ2) is 7.97. The summed E-state index contributed by atoms with van der Waals surface area (Å²) in [6, 6.07) is -1.39. The van der Waals surface area contributed by atoms with Gasteiger partial charge in [-0.15, -0.1) is 0 Å². The summed E-state index contributed by atoms with van der Waals surface area (Å²) in [5.74, 6) is -1.36. The molecule has 0 saturated heterocycles. The van der Waals surface area contributed by atoms with Gasteiger partial charge in [0.2, 0.25) is 0 Å². The lowest BCUT2D eigenvalue weighted by Gasteiger charge is -2.20.